The van der Waals surface area contributed by atoms with Crippen molar-refractivity contribution in [2.24, 2.45) is 5.92 Å². The van der Waals surface area contributed by atoms with Gasteiger partial charge in [-0.2, -0.15) is 0 Å². The van der Waals surface area contributed by atoms with E-state index in [1.165, 1.54) is 6.42 Å². The summed E-state index contributed by atoms with van der Waals surface area (Å²) in [4.78, 5) is 16.2. The fourth-order valence-corrected chi connectivity index (χ4v) is 2.36. The molecule has 4 nitrogen and oxygen atoms in total. The van der Waals surface area contributed by atoms with Crippen LogP contribution in [-0.2, 0) is 0 Å². The SMILES string of the molecule is CC1CCCN(C(=O)N(CCCO)C(C)C)C1. The summed E-state index contributed by atoms with van der Waals surface area (Å²) in [5.41, 5.74) is 0. The summed E-state index contributed by atoms with van der Waals surface area (Å²) in [5, 5.41) is 8.88. The molecule has 1 fully saturated rings. The van der Waals surface area contributed by atoms with Crippen LogP contribution in [0.3, 0.4) is 0 Å². The summed E-state index contributed by atoms with van der Waals surface area (Å²) in [5.74, 6) is 0.611. The van der Waals surface area contributed by atoms with Crippen LogP contribution in [0.4, 0.5) is 4.79 Å². The number of urea groups is 1. The molecular formula is C13H26N2O2. The first-order valence-corrected chi connectivity index (χ1v) is 6.72. The van der Waals surface area contributed by atoms with E-state index in [0.717, 1.165) is 19.5 Å². The molecule has 1 saturated heterocycles. The number of amides is 2. The van der Waals surface area contributed by atoms with Crippen molar-refractivity contribution in [2.45, 2.75) is 46.1 Å². The van der Waals surface area contributed by atoms with E-state index < -0.39 is 0 Å². The second-order valence-corrected chi connectivity index (χ2v) is 5.34. The van der Waals surface area contributed by atoms with Gasteiger partial charge in [0.2, 0.25) is 0 Å². The quantitative estimate of drug-likeness (QED) is 0.818. The number of hydrogen-bond donors (Lipinski definition) is 1. The molecule has 1 unspecified atom stereocenters. The molecule has 0 aromatic carbocycles. The Kier molecular flexibility index (Phi) is 5.75. The molecule has 100 valence electrons. The summed E-state index contributed by atoms with van der Waals surface area (Å²) >= 11 is 0. The van der Waals surface area contributed by atoms with Crippen LogP contribution in [0.15, 0.2) is 0 Å². The van der Waals surface area contributed by atoms with Crippen molar-refractivity contribution >= 4 is 6.03 Å². The van der Waals surface area contributed by atoms with Gasteiger partial charge in [-0.25, -0.2) is 4.79 Å². The van der Waals surface area contributed by atoms with Gasteiger partial charge in [0.1, 0.15) is 0 Å². The largest absolute Gasteiger partial charge is 0.396 e. The van der Waals surface area contributed by atoms with Crippen molar-refractivity contribution in [3.05, 3.63) is 0 Å². The highest BCUT2D eigenvalue weighted by Crippen LogP contribution is 2.17. The molecule has 1 atom stereocenters. The van der Waals surface area contributed by atoms with Gasteiger partial charge in [-0.1, -0.05) is 6.92 Å². The van der Waals surface area contributed by atoms with Crippen LogP contribution in [-0.4, -0.2) is 53.2 Å². The van der Waals surface area contributed by atoms with Crippen molar-refractivity contribution in [3.63, 3.8) is 0 Å². The van der Waals surface area contributed by atoms with Crippen molar-refractivity contribution in [3.8, 4) is 0 Å². The second kappa shape index (κ2) is 6.84. The Balaban J connectivity index is 2.56. The number of aliphatic hydroxyl groups excluding tert-OH is 1. The molecule has 1 aliphatic rings. The van der Waals surface area contributed by atoms with Gasteiger partial charge in [0, 0.05) is 32.3 Å². The van der Waals surface area contributed by atoms with Crippen molar-refractivity contribution in [1.82, 2.24) is 9.80 Å². The lowest BCUT2D eigenvalue weighted by Gasteiger charge is -2.37. The van der Waals surface area contributed by atoms with E-state index in [1.54, 1.807) is 0 Å². The Morgan fingerprint density at radius 1 is 1.53 bits per heavy atom. The van der Waals surface area contributed by atoms with Crippen molar-refractivity contribution in [2.75, 3.05) is 26.2 Å². The van der Waals surface area contributed by atoms with Crippen LogP contribution in [0.1, 0.15) is 40.0 Å². The highest BCUT2D eigenvalue weighted by atomic mass is 16.3. The number of rotatable bonds is 4. The average Bonchev–Trinajstić information content (AvgIpc) is 2.29. The monoisotopic (exact) mass is 242 g/mol. The van der Waals surface area contributed by atoms with E-state index in [9.17, 15) is 4.79 Å². The molecule has 1 N–H and O–H groups in total. The number of hydrogen-bond acceptors (Lipinski definition) is 2. The average molecular weight is 242 g/mol. The zero-order valence-corrected chi connectivity index (χ0v) is 11.4. The van der Waals surface area contributed by atoms with Gasteiger partial charge in [-0.3, -0.25) is 0 Å². The Hall–Kier alpha value is -0.770. The number of aliphatic hydroxyl groups is 1. The van der Waals surface area contributed by atoms with Gasteiger partial charge < -0.3 is 14.9 Å². The molecule has 1 aliphatic heterocycles. The molecule has 0 bridgehead atoms. The molecule has 4 heteroatoms. The van der Waals surface area contributed by atoms with Crippen LogP contribution in [0.2, 0.25) is 0 Å². The van der Waals surface area contributed by atoms with E-state index in [1.807, 2.05) is 23.6 Å². The lowest BCUT2D eigenvalue weighted by atomic mass is 10.0. The zero-order valence-electron chi connectivity index (χ0n) is 11.4. The molecule has 0 saturated carbocycles. The predicted molar refractivity (Wildman–Crippen MR) is 68.9 cm³/mol. The summed E-state index contributed by atoms with van der Waals surface area (Å²) in [6.45, 7) is 8.82. The van der Waals surface area contributed by atoms with Crippen LogP contribution < -0.4 is 0 Å². The number of carbonyl (C=O) groups is 1. The smallest absolute Gasteiger partial charge is 0.320 e. The molecule has 17 heavy (non-hydrogen) atoms. The minimum absolute atomic E-state index is 0.139. The lowest BCUT2D eigenvalue weighted by molar-refractivity contribution is 0.116. The first-order valence-electron chi connectivity index (χ1n) is 6.72. The second-order valence-electron chi connectivity index (χ2n) is 5.34. The third-order valence-electron chi connectivity index (χ3n) is 3.35. The highest BCUT2D eigenvalue weighted by Gasteiger charge is 2.26. The Morgan fingerprint density at radius 2 is 2.24 bits per heavy atom. The summed E-state index contributed by atoms with van der Waals surface area (Å²) < 4.78 is 0. The van der Waals surface area contributed by atoms with Crippen LogP contribution in [0, 0.1) is 5.92 Å². The van der Waals surface area contributed by atoms with E-state index in [4.69, 9.17) is 5.11 Å². The Labute approximate surface area is 105 Å². The summed E-state index contributed by atoms with van der Waals surface area (Å²) in [7, 11) is 0. The predicted octanol–water partition coefficient (Wildman–Crippen LogP) is 1.93. The Bertz CT molecular complexity index is 244. The first kappa shape index (κ1) is 14.3. The number of likely N-dealkylation sites (tertiary alicyclic amines) is 1. The van der Waals surface area contributed by atoms with Crippen LogP contribution in [0.25, 0.3) is 0 Å². The van der Waals surface area contributed by atoms with E-state index in [0.29, 0.717) is 18.9 Å². The number of piperidine rings is 1. The minimum Gasteiger partial charge on any atom is -0.396 e. The van der Waals surface area contributed by atoms with Crippen LogP contribution in [0.5, 0.6) is 0 Å². The van der Waals surface area contributed by atoms with Gasteiger partial charge >= 0.3 is 6.03 Å². The van der Waals surface area contributed by atoms with Gasteiger partial charge in [-0.15, -0.1) is 0 Å². The molecular weight excluding hydrogens is 216 g/mol. The molecule has 1 heterocycles. The molecule has 0 aromatic heterocycles. The maximum Gasteiger partial charge on any atom is 0.320 e. The summed E-state index contributed by atoms with van der Waals surface area (Å²) in [6.07, 6.45) is 2.99. The third-order valence-corrected chi connectivity index (χ3v) is 3.35. The molecule has 0 aromatic rings. The fraction of sp³-hybridized carbons (Fsp3) is 0.923. The summed E-state index contributed by atoms with van der Waals surface area (Å²) in [6, 6.07) is 0.339. The van der Waals surface area contributed by atoms with Gasteiger partial charge in [0.25, 0.3) is 0 Å². The van der Waals surface area contributed by atoms with Crippen molar-refractivity contribution < 1.29 is 9.90 Å². The van der Waals surface area contributed by atoms with E-state index >= 15 is 0 Å². The highest BCUT2D eigenvalue weighted by molar-refractivity contribution is 5.74. The normalized spacial score (nSPS) is 20.8. The number of nitrogens with zero attached hydrogens (tertiary/aromatic N) is 2. The molecule has 2 amide bonds. The fourth-order valence-electron chi connectivity index (χ4n) is 2.36. The Morgan fingerprint density at radius 3 is 2.76 bits per heavy atom. The molecule has 1 rings (SSSR count). The zero-order chi connectivity index (χ0) is 12.8. The van der Waals surface area contributed by atoms with E-state index in [-0.39, 0.29) is 18.7 Å². The maximum atomic E-state index is 12.4. The van der Waals surface area contributed by atoms with Crippen molar-refractivity contribution in [1.29, 1.82) is 0 Å². The van der Waals surface area contributed by atoms with Gasteiger partial charge in [-0.05, 0) is 39.0 Å². The van der Waals surface area contributed by atoms with Gasteiger partial charge in [0.05, 0.1) is 0 Å². The lowest BCUT2D eigenvalue weighted by Crippen LogP contribution is -2.50. The van der Waals surface area contributed by atoms with Crippen LogP contribution >= 0.6 is 0 Å². The standard InChI is InChI=1S/C13H26N2O2/c1-11(2)15(8-5-9-16)13(17)14-7-4-6-12(3)10-14/h11-12,16H,4-10H2,1-3H3. The molecule has 0 aliphatic carbocycles. The minimum atomic E-state index is 0.139. The third kappa shape index (κ3) is 4.19. The maximum absolute atomic E-state index is 12.4. The van der Waals surface area contributed by atoms with E-state index in [2.05, 4.69) is 6.92 Å². The number of carbonyl (C=O) groups excluding carboxylic acids is 1. The molecule has 0 radical (unpaired) electrons. The first-order chi connectivity index (χ1) is 8.06. The topological polar surface area (TPSA) is 43.8 Å². The van der Waals surface area contributed by atoms with Gasteiger partial charge in [0.15, 0.2) is 0 Å². The molecule has 0 spiro atoms.